The Morgan fingerprint density at radius 1 is 0.712 bits per heavy atom. The maximum Gasteiger partial charge on any atom is 0.437 e. The number of aromatic nitrogens is 2. The maximum atomic E-state index is 13.4. The number of carbonyl (C=O) groups excluding carboxylic acids is 2. The zero-order valence-electron chi connectivity index (χ0n) is 34.2. The normalized spacial score (nSPS) is 13.7. The van der Waals surface area contributed by atoms with Crippen molar-refractivity contribution in [3.05, 3.63) is 45.8 Å². The fourth-order valence-corrected chi connectivity index (χ4v) is 9.09. The van der Waals surface area contributed by atoms with Gasteiger partial charge in [-0.15, -0.1) is 0 Å². The predicted molar refractivity (Wildman–Crippen MR) is 228 cm³/mol. The molecule has 0 saturated heterocycles. The van der Waals surface area contributed by atoms with E-state index in [1.54, 1.807) is 0 Å². The Morgan fingerprint density at radius 3 is 1.53 bits per heavy atom. The molecule has 2 aromatic carbocycles. The Morgan fingerprint density at radius 2 is 1.15 bits per heavy atom. The zero-order chi connectivity index (χ0) is 44.0. The van der Waals surface area contributed by atoms with Crippen LogP contribution in [0.3, 0.4) is 0 Å². The number of alkyl halides is 8. The van der Waals surface area contributed by atoms with Gasteiger partial charge < -0.3 is 28.0 Å². The largest absolute Gasteiger partial charge is 0.481 e. The Hall–Kier alpha value is -3.04. The van der Waals surface area contributed by atoms with Gasteiger partial charge in [-0.25, -0.2) is 9.59 Å². The van der Waals surface area contributed by atoms with Crippen molar-refractivity contribution in [1.82, 2.24) is 10.3 Å². The highest BCUT2D eigenvalue weighted by Crippen LogP contribution is 2.45. The molecule has 1 saturated carbocycles. The van der Waals surface area contributed by atoms with E-state index in [-0.39, 0.29) is 28.5 Å². The summed E-state index contributed by atoms with van der Waals surface area (Å²) in [6.45, 7) is 7.34. The third kappa shape index (κ3) is 12.7. The molecule has 59 heavy (non-hydrogen) atoms. The van der Waals surface area contributed by atoms with E-state index in [0.717, 1.165) is 12.8 Å². The first-order chi connectivity index (χ1) is 28.0. The third-order valence-corrected chi connectivity index (χ3v) is 11.0. The topological polar surface area (TPSA) is 123 Å². The summed E-state index contributed by atoms with van der Waals surface area (Å²) in [5.41, 5.74) is -0.805. The monoisotopic (exact) mass is 1070 g/mol. The first kappa shape index (κ1) is 50.3. The van der Waals surface area contributed by atoms with Crippen molar-refractivity contribution in [3.63, 3.8) is 0 Å². The summed E-state index contributed by atoms with van der Waals surface area (Å²) in [4.78, 5) is 23.9. The van der Waals surface area contributed by atoms with Gasteiger partial charge in [-0.05, 0) is 81.0 Å². The molecule has 0 atom stereocenters. The molecular weight excluding hydrogens is 1020 g/mol. The van der Waals surface area contributed by atoms with Gasteiger partial charge in [-0.1, -0.05) is 109 Å². The van der Waals surface area contributed by atoms with Gasteiger partial charge in [0, 0.05) is 20.0 Å². The molecule has 0 N–H and O–H groups in total. The standard InChI is InChI=1S/C21H26F3NO4.C17H20F3NO4.C3H6I2/c1-4-8-13-12-15-17(29-25-18(15)21(22,23)24)14(9-5-2)16(13)28-20(19(26)27-3)10-6-7-11-20;1-4-6-10-8-12-15(25-21-16(12)17(18,19)20)11(7-5-2)14(10)24-9-13(22)23-3;4-2-1-3-5/h12H,4-11H2,1-3H3;8H,4-7,9H2,1-3H3;1-3H2. The van der Waals surface area contributed by atoms with E-state index >= 15 is 0 Å². The summed E-state index contributed by atoms with van der Waals surface area (Å²) < 4.78 is 114. The van der Waals surface area contributed by atoms with Crippen LogP contribution in [0.5, 0.6) is 11.5 Å². The average Bonchev–Trinajstić information content (AvgIpc) is 3.96. The van der Waals surface area contributed by atoms with E-state index in [4.69, 9.17) is 23.3 Å². The highest BCUT2D eigenvalue weighted by Gasteiger charge is 2.46. The van der Waals surface area contributed by atoms with E-state index in [0.29, 0.717) is 98.0 Å². The minimum absolute atomic E-state index is 0.0499. The van der Waals surface area contributed by atoms with Crippen LogP contribution in [0, 0.1) is 0 Å². The van der Waals surface area contributed by atoms with Gasteiger partial charge in [0.25, 0.3) is 0 Å². The summed E-state index contributed by atoms with van der Waals surface area (Å²) in [7, 11) is 2.56. The summed E-state index contributed by atoms with van der Waals surface area (Å²) >= 11 is 4.77. The smallest absolute Gasteiger partial charge is 0.437 e. The van der Waals surface area contributed by atoms with Crippen LogP contribution in [0.1, 0.15) is 119 Å². The van der Waals surface area contributed by atoms with E-state index < -0.39 is 41.3 Å². The van der Waals surface area contributed by atoms with Gasteiger partial charge in [0.1, 0.15) is 11.5 Å². The number of rotatable bonds is 16. The minimum Gasteiger partial charge on any atom is -0.481 e. The number of hydrogen-bond donors (Lipinski definition) is 0. The molecule has 2 aromatic heterocycles. The number of aryl methyl sites for hydroxylation is 4. The molecule has 4 aromatic rings. The van der Waals surface area contributed by atoms with Crippen LogP contribution >= 0.6 is 45.2 Å². The van der Waals surface area contributed by atoms with Crippen LogP contribution in [-0.2, 0) is 57.1 Å². The molecule has 0 bridgehead atoms. The van der Waals surface area contributed by atoms with Gasteiger partial charge in [-0.3, -0.25) is 0 Å². The van der Waals surface area contributed by atoms with Gasteiger partial charge in [0.2, 0.25) is 5.60 Å². The lowest BCUT2D eigenvalue weighted by atomic mass is 9.96. The van der Waals surface area contributed by atoms with Crippen LogP contribution < -0.4 is 9.47 Å². The van der Waals surface area contributed by atoms with Crippen LogP contribution in [0.15, 0.2) is 21.2 Å². The highest BCUT2D eigenvalue weighted by molar-refractivity contribution is 14.1. The number of fused-ring (bicyclic) bond motifs is 2. The number of benzene rings is 2. The third-order valence-electron chi connectivity index (χ3n) is 9.44. The second-order valence-electron chi connectivity index (χ2n) is 13.9. The molecule has 10 nitrogen and oxygen atoms in total. The number of esters is 2. The average molecular weight is 1070 g/mol. The quantitative estimate of drug-likeness (QED) is 0.0464. The van der Waals surface area contributed by atoms with Crippen LogP contribution in [0.2, 0.25) is 0 Å². The van der Waals surface area contributed by atoms with E-state index in [2.05, 4.69) is 60.2 Å². The molecule has 18 heteroatoms. The van der Waals surface area contributed by atoms with Crippen LogP contribution in [-0.4, -0.2) is 57.5 Å². The number of methoxy groups -OCH3 is 2. The Balaban J connectivity index is 0.000000285. The Kier molecular flexibility index (Phi) is 19.8. The Labute approximate surface area is 367 Å². The summed E-state index contributed by atoms with van der Waals surface area (Å²) in [6, 6.07) is 2.84. The number of ether oxygens (including phenoxy) is 4. The fourth-order valence-electron chi connectivity index (χ4n) is 6.87. The molecule has 0 unspecified atom stereocenters. The number of carbonyl (C=O) groups is 2. The van der Waals surface area contributed by atoms with E-state index in [1.807, 2.05) is 27.7 Å². The van der Waals surface area contributed by atoms with Crippen molar-refractivity contribution in [3.8, 4) is 11.5 Å². The number of halogens is 8. The summed E-state index contributed by atoms with van der Waals surface area (Å²) in [5, 5.41) is 6.38. The molecular formula is C41H52F6I2N2O8. The fraction of sp³-hybridized carbons (Fsp3) is 0.610. The van der Waals surface area contributed by atoms with Crippen molar-refractivity contribution in [1.29, 1.82) is 0 Å². The van der Waals surface area contributed by atoms with Crippen LogP contribution in [0.25, 0.3) is 21.9 Å². The molecule has 0 aliphatic heterocycles. The highest BCUT2D eigenvalue weighted by atomic mass is 127. The lowest BCUT2D eigenvalue weighted by molar-refractivity contribution is -0.158. The molecule has 5 rings (SSSR count). The van der Waals surface area contributed by atoms with Crippen molar-refractivity contribution in [2.24, 2.45) is 0 Å². The molecule has 330 valence electrons. The zero-order valence-corrected chi connectivity index (χ0v) is 38.5. The van der Waals surface area contributed by atoms with Gasteiger partial charge in [0.05, 0.1) is 25.0 Å². The first-order valence-corrected chi connectivity index (χ1v) is 22.7. The predicted octanol–water partition coefficient (Wildman–Crippen LogP) is 12.2. The van der Waals surface area contributed by atoms with E-state index in [1.165, 1.54) is 41.6 Å². The molecule has 0 spiro atoms. The summed E-state index contributed by atoms with van der Waals surface area (Å²) in [5.74, 6) is -0.197. The van der Waals surface area contributed by atoms with Crippen molar-refractivity contribution >= 4 is 79.1 Å². The van der Waals surface area contributed by atoms with Crippen molar-refractivity contribution < 1.29 is 63.9 Å². The number of hydrogen-bond acceptors (Lipinski definition) is 10. The second kappa shape index (κ2) is 23.3. The van der Waals surface area contributed by atoms with Gasteiger partial charge in [-0.2, -0.15) is 26.3 Å². The van der Waals surface area contributed by atoms with Crippen LogP contribution in [0.4, 0.5) is 26.3 Å². The van der Waals surface area contributed by atoms with E-state index in [9.17, 15) is 35.9 Å². The lowest BCUT2D eigenvalue weighted by Crippen LogP contribution is -2.43. The van der Waals surface area contributed by atoms with Crippen molar-refractivity contribution in [2.75, 3.05) is 29.7 Å². The lowest BCUT2D eigenvalue weighted by Gasteiger charge is -2.30. The molecule has 1 aliphatic carbocycles. The maximum absolute atomic E-state index is 13.4. The molecule has 0 amide bonds. The minimum atomic E-state index is -4.61. The van der Waals surface area contributed by atoms with Crippen molar-refractivity contribution in [2.45, 2.75) is 129 Å². The van der Waals surface area contributed by atoms with Gasteiger partial charge >= 0.3 is 24.3 Å². The Bertz CT molecular complexity index is 1970. The molecule has 1 aliphatic rings. The molecule has 2 heterocycles. The second-order valence-corrected chi connectivity index (χ2v) is 16.0. The van der Waals surface area contributed by atoms with Gasteiger partial charge in [0.15, 0.2) is 29.2 Å². The first-order valence-electron chi connectivity index (χ1n) is 19.6. The summed E-state index contributed by atoms with van der Waals surface area (Å²) in [6.07, 6.45) is -0.504. The molecule has 0 radical (unpaired) electrons. The SMILES string of the molecule is CCCc1cc2c(C(F)(F)F)noc2c(CCC)c1OC1(C(=O)OC)CCCC1.CCCc1cc2c(C(F)(F)F)noc2c(CCC)c1OCC(=O)OC.ICCCI. The molecule has 1 fully saturated rings. The number of nitrogens with zero attached hydrogens (tertiary/aromatic N) is 2.